The molecule has 0 saturated heterocycles. The molecule has 136 valence electrons. The molecule has 0 radical (unpaired) electrons. The summed E-state index contributed by atoms with van der Waals surface area (Å²) in [5, 5.41) is 7.87. The third-order valence-corrected chi connectivity index (χ3v) is 6.86. The summed E-state index contributed by atoms with van der Waals surface area (Å²) in [4.78, 5) is 11.9. The van der Waals surface area contributed by atoms with Crippen molar-refractivity contribution in [2.24, 2.45) is 9.98 Å². The molecule has 3 heterocycles. The fraction of sp³-hybridized carbons (Fsp3) is 0.238. The molecule has 2 aromatic rings. The molecule has 0 fully saturated rings. The van der Waals surface area contributed by atoms with E-state index in [9.17, 15) is 0 Å². The number of nitrogens with zero attached hydrogens (tertiary/aromatic N) is 3. The van der Waals surface area contributed by atoms with E-state index in [2.05, 4.69) is 64.2 Å². The van der Waals surface area contributed by atoms with Crippen LogP contribution in [0.2, 0.25) is 0 Å². The molecular formula is C21H20N4S2. The first-order chi connectivity index (χ1) is 13.4. The fourth-order valence-corrected chi connectivity index (χ4v) is 5.37. The Bertz CT molecular complexity index is 964. The number of anilines is 1. The van der Waals surface area contributed by atoms with Gasteiger partial charge in [0.15, 0.2) is 10.3 Å². The number of fused-ring (bicyclic) bond motifs is 3. The third-order valence-electron chi connectivity index (χ3n) is 4.96. The molecule has 0 saturated carbocycles. The van der Waals surface area contributed by atoms with Crippen molar-refractivity contribution in [2.75, 3.05) is 17.6 Å². The first-order valence-electron chi connectivity index (χ1n) is 9.13. The van der Waals surface area contributed by atoms with Crippen molar-refractivity contribution in [3.63, 3.8) is 0 Å². The van der Waals surface area contributed by atoms with E-state index in [0.717, 1.165) is 42.1 Å². The van der Waals surface area contributed by atoms with Crippen LogP contribution in [0.4, 0.5) is 5.69 Å². The lowest BCUT2D eigenvalue weighted by atomic mass is 10.1. The summed E-state index contributed by atoms with van der Waals surface area (Å²) in [6, 6.07) is 17.1. The number of benzene rings is 2. The number of hydrogen-bond acceptors (Lipinski definition) is 6. The van der Waals surface area contributed by atoms with Gasteiger partial charge in [-0.2, -0.15) is 0 Å². The Hall–Kier alpha value is -2.18. The van der Waals surface area contributed by atoms with Crippen LogP contribution in [-0.4, -0.2) is 27.5 Å². The van der Waals surface area contributed by atoms with Crippen LogP contribution >= 0.6 is 23.5 Å². The lowest BCUT2D eigenvalue weighted by Crippen LogP contribution is -2.24. The molecule has 0 aliphatic carbocycles. The topological polar surface area (TPSA) is 40.0 Å². The van der Waals surface area contributed by atoms with Gasteiger partial charge in [-0.05, 0) is 34.6 Å². The standard InChI is InChI=1S/C21H20N4S2/c1-2-7-17-12-25-18(14-27-21(25)23-11-16(17)6-1)13-26-20-22-10-9-15-5-3-4-8-19(15)24-20/h1-8,14H,9-13H2,(H,22,24). The van der Waals surface area contributed by atoms with E-state index in [1.165, 1.54) is 28.1 Å². The zero-order valence-electron chi connectivity index (χ0n) is 14.9. The van der Waals surface area contributed by atoms with Gasteiger partial charge in [-0.15, -0.1) is 0 Å². The fourth-order valence-electron chi connectivity index (χ4n) is 3.48. The minimum absolute atomic E-state index is 0.772. The second-order valence-electron chi connectivity index (χ2n) is 6.69. The molecule has 3 aliphatic heterocycles. The Balaban J connectivity index is 1.29. The average molecular weight is 393 g/mol. The molecule has 4 nitrogen and oxygen atoms in total. The van der Waals surface area contributed by atoms with Gasteiger partial charge in [0.05, 0.1) is 13.1 Å². The highest BCUT2D eigenvalue weighted by molar-refractivity contribution is 8.17. The van der Waals surface area contributed by atoms with Gasteiger partial charge in [-0.25, -0.2) is 0 Å². The highest BCUT2D eigenvalue weighted by Crippen LogP contribution is 2.34. The van der Waals surface area contributed by atoms with Crippen LogP contribution in [0.1, 0.15) is 16.7 Å². The van der Waals surface area contributed by atoms with Crippen LogP contribution in [0, 0.1) is 0 Å². The summed E-state index contributed by atoms with van der Waals surface area (Å²) in [6.07, 6.45) is 0.992. The average Bonchev–Trinajstić information content (AvgIpc) is 2.87. The smallest absolute Gasteiger partial charge is 0.168 e. The van der Waals surface area contributed by atoms with E-state index < -0.39 is 0 Å². The lowest BCUT2D eigenvalue weighted by molar-refractivity contribution is 0.529. The van der Waals surface area contributed by atoms with Gasteiger partial charge < -0.3 is 10.2 Å². The van der Waals surface area contributed by atoms with Crippen molar-refractivity contribution in [2.45, 2.75) is 19.5 Å². The zero-order valence-corrected chi connectivity index (χ0v) is 16.5. The Morgan fingerprint density at radius 2 is 1.81 bits per heavy atom. The van der Waals surface area contributed by atoms with Gasteiger partial charge >= 0.3 is 0 Å². The van der Waals surface area contributed by atoms with E-state index >= 15 is 0 Å². The predicted octanol–water partition coefficient (Wildman–Crippen LogP) is 4.70. The monoisotopic (exact) mass is 392 g/mol. The van der Waals surface area contributed by atoms with Crippen molar-refractivity contribution < 1.29 is 0 Å². The molecule has 3 aliphatic rings. The zero-order chi connectivity index (χ0) is 18.1. The van der Waals surface area contributed by atoms with Crippen molar-refractivity contribution >= 4 is 39.5 Å². The summed E-state index contributed by atoms with van der Waals surface area (Å²) in [6.45, 7) is 2.51. The van der Waals surface area contributed by atoms with Crippen molar-refractivity contribution in [1.29, 1.82) is 0 Å². The second kappa shape index (κ2) is 7.44. The molecular weight excluding hydrogens is 372 g/mol. The number of thioether (sulfide) groups is 2. The first kappa shape index (κ1) is 17.0. The van der Waals surface area contributed by atoms with Gasteiger partial charge in [0, 0.05) is 23.7 Å². The number of amidine groups is 2. The Morgan fingerprint density at radius 3 is 2.74 bits per heavy atom. The van der Waals surface area contributed by atoms with Crippen LogP contribution in [0.25, 0.3) is 0 Å². The predicted molar refractivity (Wildman–Crippen MR) is 117 cm³/mol. The highest BCUT2D eigenvalue weighted by atomic mass is 32.2. The minimum atomic E-state index is 0.772. The van der Waals surface area contributed by atoms with E-state index in [4.69, 9.17) is 9.98 Å². The van der Waals surface area contributed by atoms with Crippen molar-refractivity contribution in [3.8, 4) is 0 Å². The van der Waals surface area contributed by atoms with E-state index in [-0.39, 0.29) is 0 Å². The molecule has 0 atom stereocenters. The molecule has 0 aromatic heterocycles. The van der Waals surface area contributed by atoms with E-state index in [1.54, 1.807) is 23.5 Å². The van der Waals surface area contributed by atoms with E-state index in [0.29, 0.717) is 0 Å². The molecule has 27 heavy (non-hydrogen) atoms. The maximum Gasteiger partial charge on any atom is 0.168 e. The second-order valence-corrected chi connectivity index (χ2v) is 8.49. The van der Waals surface area contributed by atoms with Crippen LogP contribution in [0.3, 0.4) is 0 Å². The van der Waals surface area contributed by atoms with Gasteiger partial charge in [0.25, 0.3) is 0 Å². The Kier molecular flexibility index (Phi) is 4.67. The summed E-state index contributed by atoms with van der Waals surface area (Å²) < 4.78 is 0. The highest BCUT2D eigenvalue weighted by Gasteiger charge is 2.26. The number of hydrogen-bond donors (Lipinski definition) is 1. The molecule has 0 amide bonds. The van der Waals surface area contributed by atoms with Crippen molar-refractivity contribution in [3.05, 3.63) is 76.3 Å². The normalized spacial score (nSPS) is 18.1. The number of rotatable bonds is 2. The largest absolute Gasteiger partial charge is 0.335 e. The summed E-state index contributed by atoms with van der Waals surface area (Å²) in [5.41, 5.74) is 6.53. The SMILES string of the molecule is C1=C(CSC2=NCCc3ccccc3N2)N2Cc3ccccc3CN=C2S1. The lowest BCUT2D eigenvalue weighted by Gasteiger charge is -2.21. The maximum absolute atomic E-state index is 4.81. The van der Waals surface area contributed by atoms with Crippen molar-refractivity contribution in [1.82, 2.24) is 4.90 Å². The quantitative estimate of drug-likeness (QED) is 0.804. The molecule has 2 aromatic carbocycles. The molecule has 0 spiro atoms. The molecule has 0 unspecified atom stereocenters. The van der Waals surface area contributed by atoms with Crippen LogP contribution in [-0.2, 0) is 19.5 Å². The minimum Gasteiger partial charge on any atom is -0.335 e. The van der Waals surface area contributed by atoms with Gasteiger partial charge in [0.1, 0.15) is 0 Å². The third kappa shape index (κ3) is 3.51. The van der Waals surface area contributed by atoms with Crippen LogP contribution in [0.5, 0.6) is 0 Å². The van der Waals surface area contributed by atoms with Gasteiger partial charge in [-0.3, -0.25) is 9.98 Å². The maximum atomic E-state index is 4.81. The Labute approximate surface area is 167 Å². The van der Waals surface area contributed by atoms with Crippen LogP contribution in [0.15, 0.2) is 69.6 Å². The molecule has 0 bridgehead atoms. The van der Waals surface area contributed by atoms with Gasteiger partial charge in [-0.1, -0.05) is 66.0 Å². The Morgan fingerprint density at radius 1 is 1.00 bits per heavy atom. The van der Waals surface area contributed by atoms with Crippen LogP contribution < -0.4 is 5.32 Å². The summed E-state index contributed by atoms with van der Waals surface area (Å²) in [5.74, 6) is 0.891. The summed E-state index contributed by atoms with van der Waals surface area (Å²) >= 11 is 3.51. The molecule has 5 rings (SSSR count). The summed E-state index contributed by atoms with van der Waals surface area (Å²) in [7, 11) is 0. The first-order valence-corrected chi connectivity index (χ1v) is 11.0. The molecule has 6 heteroatoms. The van der Waals surface area contributed by atoms with E-state index in [1.807, 2.05) is 0 Å². The number of aliphatic imine (C=N–C) groups is 2. The molecule has 1 N–H and O–H groups in total. The van der Waals surface area contributed by atoms with Gasteiger partial charge in [0.2, 0.25) is 0 Å². The number of para-hydroxylation sites is 1. The number of nitrogens with one attached hydrogen (secondary N) is 1.